The molecule has 0 N–H and O–H groups in total. The molecular weight excluding hydrogens is 653 g/mol. The van der Waals surface area contributed by atoms with Gasteiger partial charge in [0.1, 0.15) is 0 Å². The zero-order chi connectivity index (χ0) is 35.3. The lowest BCUT2D eigenvalue weighted by Crippen LogP contribution is -2.58. The molecule has 8 atom stereocenters. The van der Waals surface area contributed by atoms with Crippen molar-refractivity contribution in [1.82, 2.24) is 9.13 Å². The van der Waals surface area contributed by atoms with Crippen LogP contribution in [0.2, 0.25) is 0 Å². The van der Waals surface area contributed by atoms with E-state index in [1.165, 1.54) is 111 Å². The number of nitrogens with zero attached hydrogens (tertiary/aromatic N) is 2. The SMILES string of the molecule is CC1CC2CC3C1CC1CCCC(C3C1)C21c2cc(-n3c4ccccc4c4ccccc43)ccc2-c2c1ccc1c2c2ccccc2n1-c1ccccc1. The molecule has 54 heavy (non-hydrogen) atoms. The van der Waals surface area contributed by atoms with Gasteiger partial charge in [-0.1, -0.05) is 105 Å². The van der Waals surface area contributed by atoms with Gasteiger partial charge in [0.15, 0.2) is 0 Å². The van der Waals surface area contributed by atoms with E-state index in [9.17, 15) is 0 Å². The van der Waals surface area contributed by atoms with E-state index < -0.39 is 0 Å². The third-order valence-corrected chi connectivity index (χ3v) is 16.0. The smallest absolute Gasteiger partial charge is 0.0547 e. The third-order valence-electron chi connectivity index (χ3n) is 16.0. The highest BCUT2D eigenvalue weighted by Crippen LogP contribution is 2.72. The van der Waals surface area contributed by atoms with E-state index in [4.69, 9.17) is 0 Å². The van der Waals surface area contributed by atoms with Gasteiger partial charge in [-0.25, -0.2) is 0 Å². The first kappa shape index (κ1) is 30.3. The molecule has 5 aliphatic rings. The van der Waals surface area contributed by atoms with Gasteiger partial charge < -0.3 is 9.13 Å². The maximum atomic E-state index is 2.72. The fourth-order valence-electron chi connectivity index (χ4n) is 14.3. The zero-order valence-corrected chi connectivity index (χ0v) is 31.1. The van der Waals surface area contributed by atoms with Crippen LogP contribution >= 0.6 is 0 Å². The highest BCUT2D eigenvalue weighted by molar-refractivity contribution is 6.18. The van der Waals surface area contributed by atoms with E-state index in [1.807, 2.05) is 0 Å². The van der Waals surface area contributed by atoms with Crippen LogP contribution in [0.5, 0.6) is 0 Å². The Labute approximate surface area is 317 Å². The van der Waals surface area contributed by atoms with Crippen LogP contribution in [0, 0.1) is 41.4 Å². The number of benzene rings is 6. The van der Waals surface area contributed by atoms with Gasteiger partial charge in [-0.3, -0.25) is 0 Å². The maximum absolute atomic E-state index is 2.72. The van der Waals surface area contributed by atoms with Gasteiger partial charge in [0, 0.05) is 38.3 Å². The number of aromatic nitrogens is 2. The van der Waals surface area contributed by atoms with Crippen molar-refractivity contribution >= 4 is 43.6 Å². The van der Waals surface area contributed by atoms with Crippen molar-refractivity contribution in [2.45, 2.75) is 57.3 Å². The molecule has 1 spiro atoms. The number of rotatable bonds is 2. The van der Waals surface area contributed by atoms with E-state index in [1.54, 1.807) is 11.1 Å². The van der Waals surface area contributed by atoms with E-state index >= 15 is 0 Å². The molecule has 0 amide bonds. The first-order chi connectivity index (χ1) is 26.7. The Morgan fingerprint density at radius 2 is 1.19 bits per heavy atom. The highest BCUT2D eigenvalue weighted by Gasteiger charge is 2.64. The number of fused-ring (bicyclic) bond motifs is 16. The summed E-state index contributed by atoms with van der Waals surface area (Å²) in [5, 5.41) is 5.51. The van der Waals surface area contributed by atoms with Crippen LogP contribution in [-0.2, 0) is 5.41 Å². The van der Waals surface area contributed by atoms with E-state index in [0.29, 0.717) is 11.8 Å². The lowest BCUT2D eigenvalue weighted by molar-refractivity contribution is -0.0906. The van der Waals surface area contributed by atoms with Crippen LogP contribution < -0.4 is 0 Å². The zero-order valence-electron chi connectivity index (χ0n) is 31.1. The summed E-state index contributed by atoms with van der Waals surface area (Å²) in [6, 6.07) is 51.3. The summed E-state index contributed by atoms with van der Waals surface area (Å²) < 4.78 is 5.11. The minimum absolute atomic E-state index is 0.0240. The molecule has 8 unspecified atom stereocenters. The Morgan fingerprint density at radius 3 is 1.96 bits per heavy atom. The fraction of sp³-hybridized carbons (Fsp3) is 0.308. The van der Waals surface area contributed by atoms with Gasteiger partial charge in [0.05, 0.1) is 22.1 Å². The van der Waals surface area contributed by atoms with Crippen LogP contribution in [0.15, 0.2) is 133 Å². The summed E-state index contributed by atoms with van der Waals surface area (Å²) in [6.45, 7) is 2.65. The second-order valence-electron chi connectivity index (χ2n) is 18.1. The maximum Gasteiger partial charge on any atom is 0.0547 e. The molecule has 264 valence electrons. The molecule has 2 nitrogen and oxygen atoms in total. The molecule has 5 aliphatic carbocycles. The van der Waals surface area contributed by atoms with Crippen molar-refractivity contribution in [3.63, 3.8) is 0 Å². The summed E-state index contributed by atoms with van der Waals surface area (Å²) in [4.78, 5) is 0. The van der Waals surface area contributed by atoms with Gasteiger partial charge >= 0.3 is 0 Å². The quantitative estimate of drug-likeness (QED) is 0.170. The van der Waals surface area contributed by atoms with Crippen molar-refractivity contribution in [2.24, 2.45) is 41.4 Å². The third kappa shape index (κ3) is 3.68. The molecule has 4 fully saturated rings. The second-order valence-corrected chi connectivity index (χ2v) is 18.1. The van der Waals surface area contributed by atoms with Crippen molar-refractivity contribution in [2.75, 3.05) is 0 Å². The normalized spacial score (nSPS) is 29.3. The van der Waals surface area contributed by atoms with Crippen molar-refractivity contribution in [1.29, 1.82) is 0 Å². The molecule has 4 bridgehead atoms. The number of hydrogen-bond donors (Lipinski definition) is 0. The Bertz CT molecular complexity index is 2780. The Hall–Kier alpha value is -5.08. The lowest BCUT2D eigenvalue weighted by atomic mass is 9.41. The first-order valence-corrected chi connectivity index (χ1v) is 21.0. The van der Waals surface area contributed by atoms with Crippen molar-refractivity contribution in [3.8, 4) is 22.5 Å². The summed E-state index contributed by atoms with van der Waals surface area (Å²) in [5.41, 5.74) is 14.2. The topological polar surface area (TPSA) is 9.86 Å². The van der Waals surface area contributed by atoms with Crippen LogP contribution in [-0.4, -0.2) is 9.13 Å². The van der Waals surface area contributed by atoms with Gasteiger partial charge in [-0.2, -0.15) is 0 Å². The Morgan fingerprint density at radius 1 is 0.519 bits per heavy atom. The highest BCUT2D eigenvalue weighted by atomic mass is 15.0. The summed E-state index contributed by atoms with van der Waals surface area (Å²) in [5.74, 6) is 5.73. The van der Waals surface area contributed by atoms with E-state index in [0.717, 1.165) is 29.6 Å². The minimum Gasteiger partial charge on any atom is -0.309 e. The summed E-state index contributed by atoms with van der Waals surface area (Å²) >= 11 is 0. The molecule has 0 radical (unpaired) electrons. The summed E-state index contributed by atoms with van der Waals surface area (Å²) in [6.07, 6.45) is 9.93. The average molecular weight is 699 g/mol. The van der Waals surface area contributed by atoms with E-state index in [-0.39, 0.29) is 5.41 Å². The second kappa shape index (κ2) is 10.8. The molecule has 0 aliphatic heterocycles. The fourth-order valence-corrected chi connectivity index (χ4v) is 14.3. The molecule has 13 rings (SSSR count). The molecule has 8 aromatic rings. The minimum atomic E-state index is 0.0240. The molecule has 0 saturated heterocycles. The molecule has 4 saturated carbocycles. The largest absolute Gasteiger partial charge is 0.309 e. The van der Waals surface area contributed by atoms with Gasteiger partial charge in [0.2, 0.25) is 0 Å². The standard InChI is InChI=1S/C52H46N2/c1-31-26-33-29-41-40(31)27-32-12-11-18-43(42(41)28-32)52(33)44-24-25-49-51(39-17-7-10-21-48(39)53(49)34-13-3-2-4-14-34)50(44)38-23-22-35(30-45(38)52)54-46-19-8-5-15-36(46)37-16-6-9-20-47(37)54/h2-10,13-17,19-25,30-33,40-43H,11-12,18,26-29H2,1H3. The van der Waals surface area contributed by atoms with Gasteiger partial charge in [-0.15, -0.1) is 0 Å². The molecule has 2 heteroatoms. The van der Waals surface area contributed by atoms with E-state index in [2.05, 4.69) is 150 Å². The van der Waals surface area contributed by atoms with Crippen LogP contribution in [0.3, 0.4) is 0 Å². The number of para-hydroxylation sites is 4. The predicted molar refractivity (Wildman–Crippen MR) is 224 cm³/mol. The number of hydrogen-bond acceptors (Lipinski definition) is 0. The summed E-state index contributed by atoms with van der Waals surface area (Å²) in [7, 11) is 0. The van der Waals surface area contributed by atoms with Gasteiger partial charge in [0.25, 0.3) is 0 Å². The molecule has 2 heterocycles. The van der Waals surface area contributed by atoms with Gasteiger partial charge in [-0.05, 0) is 144 Å². The molecule has 2 aromatic heterocycles. The molecule has 6 aromatic carbocycles. The van der Waals surface area contributed by atoms with Crippen molar-refractivity contribution in [3.05, 3.63) is 145 Å². The van der Waals surface area contributed by atoms with Crippen LogP contribution in [0.4, 0.5) is 0 Å². The Balaban J connectivity index is 1.16. The predicted octanol–water partition coefficient (Wildman–Crippen LogP) is 13.3. The monoisotopic (exact) mass is 698 g/mol. The average Bonchev–Trinajstić information content (AvgIpc) is 3.77. The van der Waals surface area contributed by atoms with Crippen LogP contribution in [0.1, 0.15) is 63.0 Å². The van der Waals surface area contributed by atoms with Crippen LogP contribution in [0.25, 0.3) is 66.1 Å². The Kier molecular flexibility index (Phi) is 6.04. The lowest BCUT2D eigenvalue weighted by Gasteiger charge is -2.63. The van der Waals surface area contributed by atoms with Crippen molar-refractivity contribution < 1.29 is 0 Å². The first-order valence-electron chi connectivity index (χ1n) is 21.0. The molecular formula is C52H46N2.